The fourth-order valence-corrected chi connectivity index (χ4v) is 2.67. The van der Waals surface area contributed by atoms with Crippen LogP contribution in [0, 0.1) is 5.82 Å². The molecule has 3 rings (SSSR count). The minimum atomic E-state index is -1.31. The van der Waals surface area contributed by atoms with Gasteiger partial charge >= 0.3 is 5.97 Å². The molecule has 0 saturated heterocycles. The minimum absolute atomic E-state index is 0.343. The van der Waals surface area contributed by atoms with Crippen LogP contribution in [0.15, 0.2) is 35.1 Å². The molecular weight excluding hydrogens is 301 g/mol. The Kier molecular flexibility index (Phi) is 3.48. The van der Waals surface area contributed by atoms with E-state index in [1.807, 2.05) is 6.92 Å². The molecule has 3 aromatic rings. The average molecular weight is 315 g/mol. The summed E-state index contributed by atoms with van der Waals surface area (Å²) in [6, 6.07) is 6.66. The molecule has 0 aliphatic carbocycles. The summed E-state index contributed by atoms with van der Waals surface area (Å²) in [5.74, 6) is -1.75. The number of carboxylic acid groups (broad SMARTS) is 1. The number of aromatic carboxylic acids is 1. The van der Waals surface area contributed by atoms with E-state index in [1.165, 1.54) is 39.6 Å². The number of fused-ring (bicyclic) bond motifs is 1. The summed E-state index contributed by atoms with van der Waals surface area (Å²) in [5, 5.41) is 14.2. The summed E-state index contributed by atoms with van der Waals surface area (Å²) < 4.78 is 15.9. The number of nitrogens with zero attached hydrogens (tertiary/aromatic N) is 3. The summed E-state index contributed by atoms with van der Waals surface area (Å²) >= 11 is 0. The Labute approximate surface area is 130 Å². The van der Waals surface area contributed by atoms with Crippen LogP contribution in [-0.4, -0.2) is 25.4 Å². The number of carboxylic acids is 1. The highest BCUT2D eigenvalue weighted by atomic mass is 19.1. The van der Waals surface area contributed by atoms with Crippen LogP contribution in [0.5, 0.6) is 0 Å². The van der Waals surface area contributed by atoms with E-state index < -0.39 is 17.3 Å². The Morgan fingerprint density at radius 3 is 2.52 bits per heavy atom. The number of benzene rings is 1. The van der Waals surface area contributed by atoms with Crippen molar-refractivity contribution < 1.29 is 14.3 Å². The van der Waals surface area contributed by atoms with Crippen LogP contribution < -0.4 is 5.56 Å². The van der Waals surface area contributed by atoms with Gasteiger partial charge in [-0.2, -0.15) is 5.10 Å². The zero-order chi connectivity index (χ0) is 16.7. The normalized spacial score (nSPS) is 11.1. The van der Waals surface area contributed by atoms with Crippen molar-refractivity contribution in [2.45, 2.75) is 13.3 Å². The van der Waals surface area contributed by atoms with E-state index in [2.05, 4.69) is 5.10 Å². The van der Waals surface area contributed by atoms with Crippen molar-refractivity contribution in [3.8, 4) is 5.69 Å². The molecule has 0 atom stereocenters. The number of aromatic nitrogens is 3. The predicted molar refractivity (Wildman–Crippen MR) is 82.6 cm³/mol. The van der Waals surface area contributed by atoms with Crippen LogP contribution in [0.1, 0.15) is 23.0 Å². The number of hydrogen-bond acceptors (Lipinski definition) is 3. The maximum atomic E-state index is 13.2. The van der Waals surface area contributed by atoms with E-state index in [1.54, 1.807) is 7.05 Å². The number of hydrogen-bond donors (Lipinski definition) is 1. The Hall–Kier alpha value is -2.96. The van der Waals surface area contributed by atoms with Crippen molar-refractivity contribution in [2.75, 3.05) is 0 Å². The van der Waals surface area contributed by atoms with Crippen LogP contribution in [0.25, 0.3) is 16.7 Å². The van der Waals surface area contributed by atoms with Crippen LogP contribution in [0.3, 0.4) is 0 Å². The molecular formula is C16H14FN3O3. The van der Waals surface area contributed by atoms with Gasteiger partial charge in [0, 0.05) is 12.4 Å². The van der Waals surface area contributed by atoms with Crippen molar-refractivity contribution in [1.82, 2.24) is 14.3 Å². The highest BCUT2D eigenvalue weighted by Crippen LogP contribution is 2.21. The fourth-order valence-electron chi connectivity index (χ4n) is 2.67. The third-order valence-corrected chi connectivity index (χ3v) is 3.71. The second kappa shape index (κ2) is 5.35. The summed E-state index contributed by atoms with van der Waals surface area (Å²) in [4.78, 5) is 24.0. The summed E-state index contributed by atoms with van der Waals surface area (Å²) in [7, 11) is 1.68. The predicted octanol–water partition coefficient (Wildman–Crippen LogP) is 2.12. The highest BCUT2D eigenvalue weighted by Gasteiger charge is 2.20. The van der Waals surface area contributed by atoms with Crippen molar-refractivity contribution in [3.63, 3.8) is 0 Å². The SMILES string of the molecule is CCc1nn(C)c2c1cc(C(=O)O)c(=O)n2-c1ccc(F)cc1. The van der Waals surface area contributed by atoms with Crippen LogP contribution >= 0.6 is 0 Å². The zero-order valence-electron chi connectivity index (χ0n) is 12.6. The van der Waals surface area contributed by atoms with Gasteiger partial charge in [-0.3, -0.25) is 14.0 Å². The first-order valence-electron chi connectivity index (χ1n) is 7.05. The van der Waals surface area contributed by atoms with Crippen LogP contribution in [-0.2, 0) is 13.5 Å². The molecule has 0 unspecified atom stereocenters. The first kappa shape index (κ1) is 15.0. The molecule has 0 aliphatic heterocycles. The lowest BCUT2D eigenvalue weighted by atomic mass is 10.1. The Morgan fingerprint density at radius 2 is 1.96 bits per heavy atom. The molecule has 0 fully saturated rings. The third kappa shape index (κ3) is 2.30. The molecule has 0 spiro atoms. The van der Waals surface area contributed by atoms with E-state index in [-0.39, 0.29) is 5.56 Å². The molecule has 0 aliphatic rings. The number of aryl methyl sites for hydroxylation is 2. The first-order valence-corrected chi connectivity index (χ1v) is 7.05. The monoisotopic (exact) mass is 315 g/mol. The molecule has 1 N–H and O–H groups in total. The number of halogens is 1. The van der Waals surface area contributed by atoms with Gasteiger partial charge in [0.15, 0.2) is 0 Å². The Morgan fingerprint density at radius 1 is 1.30 bits per heavy atom. The zero-order valence-corrected chi connectivity index (χ0v) is 12.6. The van der Waals surface area contributed by atoms with Crippen molar-refractivity contribution in [2.24, 2.45) is 7.05 Å². The molecule has 118 valence electrons. The van der Waals surface area contributed by atoms with Crippen molar-refractivity contribution in [1.29, 1.82) is 0 Å². The lowest BCUT2D eigenvalue weighted by molar-refractivity contribution is 0.0695. The molecule has 2 aromatic heterocycles. The number of rotatable bonds is 3. The lowest BCUT2D eigenvalue weighted by Crippen LogP contribution is -2.26. The second-order valence-electron chi connectivity index (χ2n) is 5.14. The largest absolute Gasteiger partial charge is 0.477 e. The van der Waals surface area contributed by atoms with Crippen molar-refractivity contribution in [3.05, 3.63) is 57.8 Å². The molecule has 0 bridgehead atoms. The van der Waals surface area contributed by atoms with Gasteiger partial charge < -0.3 is 5.11 Å². The van der Waals surface area contributed by atoms with Gasteiger partial charge in [-0.15, -0.1) is 0 Å². The number of carbonyl (C=O) groups is 1. The first-order chi connectivity index (χ1) is 10.9. The standard InChI is InChI=1S/C16H14FN3O3/c1-3-13-11-8-12(16(22)23)15(21)20(14(11)19(2)18-13)10-6-4-9(17)5-7-10/h4-8H,3H2,1-2H3,(H,22,23). The quantitative estimate of drug-likeness (QED) is 0.803. The van der Waals surface area contributed by atoms with Gasteiger partial charge in [0.25, 0.3) is 5.56 Å². The smallest absolute Gasteiger partial charge is 0.341 e. The van der Waals surface area contributed by atoms with Gasteiger partial charge in [0.05, 0.1) is 11.4 Å². The fraction of sp³-hybridized carbons (Fsp3) is 0.188. The summed E-state index contributed by atoms with van der Waals surface area (Å²) in [5.41, 5.74) is 0.534. The van der Waals surface area contributed by atoms with Gasteiger partial charge in [-0.25, -0.2) is 9.18 Å². The summed E-state index contributed by atoms with van der Waals surface area (Å²) in [6.45, 7) is 1.90. The molecule has 0 amide bonds. The molecule has 6 nitrogen and oxygen atoms in total. The maximum absolute atomic E-state index is 13.2. The Balaban J connectivity index is 2.49. The lowest BCUT2D eigenvalue weighted by Gasteiger charge is -2.10. The van der Waals surface area contributed by atoms with Crippen LogP contribution in [0.4, 0.5) is 4.39 Å². The highest BCUT2D eigenvalue weighted by molar-refractivity contribution is 5.93. The molecule has 1 aromatic carbocycles. The summed E-state index contributed by atoms with van der Waals surface area (Å²) in [6.07, 6.45) is 0.595. The molecule has 0 saturated carbocycles. The molecule has 7 heteroatoms. The van der Waals surface area contributed by atoms with Gasteiger partial charge in [-0.05, 0) is 36.8 Å². The van der Waals surface area contributed by atoms with Crippen LogP contribution in [0.2, 0.25) is 0 Å². The maximum Gasteiger partial charge on any atom is 0.341 e. The minimum Gasteiger partial charge on any atom is -0.477 e. The van der Waals surface area contributed by atoms with Crippen molar-refractivity contribution >= 4 is 17.0 Å². The van der Waals surface area contributed by atoms with E-state index in [9.17, 15) is 19.1 Å². The van der Waals surface area contributed by atoms with Gasteiger partial charge in [0.2, 0.25) is 0 Å². The molecule has 2 heterocycles. The van der Waals surface area contributed by atoms with E-state index >= 15 is 0 Å². The third-order valence-electron chi connectivity index (χ3n) is 3.71. The van der Waals surface area contributed by atoms with E-state index in [4.69, 9.17) is 0 Å². The molecule has 23 heavy (non-hydrogen) atoms. The van der Waals surface area contributed by atoms with Gasteiger partial charge in [0.1, 0.15) is 17.0 Å². The van der Waals surface area contributed by atoms with Gasteiger partial charge in [-0.1, -0.05) is 6.92 Å². The molecule has 0 radical (unpaired) electrons. The number of pyridine rings is 1. The van der Waals surface area contributed by atoms with E-state index in [0.29, 0.717) is 28.8 Å². The topological polar surface area (TPSA) is 77.1 Å². The second-order valence-corrected chi connectivity index (χ2v) is 5.14. The average Bonchev–Trinajstić information content (AvgIpc) is 2.84. The Bertz CT molecular complexity index is 971. The van der Waals surface area contributed by atoms with E-state index in [0.717, 1.165) is 0 Å².